The highest BCUT2D eigenvalue weighted by atomic mass is 16.5. The fraction of sp³-hybridized carbons (Fsp3) is 0.286. The van der Waals surface area contributed by atoms with Crippen molar-refractivity contribution in [2.75, 3.05) is 0 Å². The summed E-state index contributed by atoms with van der Waals surface area (Å²) >= 11 is 0. The maximum atomic E-state index is 10.9. The van der Waals surface area contributed by atoms with Crippen LogP contribution in [0.15, 0.2) is 22.7 Å². The van der Waals surface area contributed by atoms with E-state index in [1.807, 2.05) is 6.07 Å². The van der Waals surface area contributed by atoms with Crippen LogP contribution in [0.4, 0.5) is 0 Å². The van der Waals surface area contributed by atoms with Crippen molar-refractivity contribution in [1.82, 2.24) is 5.16 Å². The molecule has 3 rings (SSSR count). The molecule has 92 valence electrons. The minimum absolute atomic E-state index is 0.00880. The summed E-state index contributed by atoms with van der Waals surface area (Å²) in [4.78, 5) is 10.9. The fourth-order valence-corrected chi connectivity index (χ4v) is 2.52. The Morgan fingerprint density at radius 3 is 2.83 bits per heavy atom. The van der Waals surface area contributed by atoms with Crippen LogP contribution in [0, 0.1) is 6.92 Å². The van der Waals surface area contributed by atoms with Crippen LogP contribution in [0.2, 0.25) is 0 Å². The molecule has 0 atom stereocenters. The molecule has 0 unspecified atom stereocenters. The van der Waals surface area contributed by atoms with Crippen LogP contribution in [0.25, 0.3) is 11.3 Å². The van der Waals surface area contributed by atoms with Crippen molar-refractivity contribution in [1.29, 1.82) is 0 Å². The minimum atomic E-state index is -1.05. The van der Waals surface area contributed by atoms with Crippen LogP contribution < -0.4 is 0 Å². The summed E-state index contributed by atoms with van der Waals surface area (Å²) in [6.45, 7) is 1.72. The van der Waals surface area contributed by atoms with E-state index in [-0.39, 0.29) is 5.69 Å². The predicted octanol–water partition coefficient (Wildman–Crippen LogP) is 2.84. The van der Waals surface area contributed by atoms with Gasteiger partial charge in [0.15, 0.2) is 11.5 Å². The van der Waals surface area contributed by atoms with Crippen molar-refractivity contribution in [3.05, 3.63) is 40.6 Å². The van der Waals surface area contributed by atoms with E-state index in [0.717, 1.165) is 18.4 Å². The second-order valence-electron chi connectivity index (χ2n) is 4.63. The number of aromatic nitrogens is 1. The second-order valence-corrected chi connectivity index (χ2v) is 4.63. The SMILES string of the molecule is Cc1c(C(=O)O)noc1-c1ccc2c(c1)CCC2. The number of aryl methyl sites for hydroxylation is 2. The van der Waals surface area contributed by atoms with Crippen LogP contribution in [0.1, 0.15) is 33.6 Å². The molecular formula is C14H13NO3. The maximum Gasteiger partial charge on any atom is 0.358 e. The van der Waals surface area contributed by atoms with E-state index in [9.17, 15) is 4.79 Å². The summed E-state index contributed by atoms with van der Waals surface area (Å²) in [6.07, 6.45) is 3.40. The third-order valence-corrected chi connectivity index (χ3v) is 3.49. The summed E-state index contributed by atoms with van der Waals surface area (Å²) in [5.74, 6) is -0.495. The summed E-state index contributed by atoms with van der Waals surface area (Å²) in [5, 5.41) is 12.6. The van der Waals surface area contributed by atoms with Crippen LogP contribution in [-0.4, -0.2) is 16.2 Å². The number of hydrogen-bond donors (Lipinski definition) is 1. The first kappa shape index (κ1) is 11.0. The molecule has 1 aliphatic carbocycles. The number of aromatic carboxylic acids is 1. The van der Waals surface area contributed by atoms with Crippen LogP contribution in [0.5, 0.6) is 0 Å². The van der Waals surface area contributed by atoms with Gasteiger partial charge in [-0.1, -0.05) is 17.3 Å². The van der Waals surface area contributed by atoms with Gasteiger partial charge >= 0.3 is 5.97 Å². The monoisotopic (exact) mass is 243 g/mol. The first-order valence-electron chi connectivity index (χ1n) is 5.98. The third-order valence-electron chi connectivity index (χ3n) is 3.49. The van der Waals surface area contributed by atoms with Gasteiger partial charge in [0.25, 0.3) is 0 Å². The smallest absolute Gasteiger partial charge is 0.358 e. The van der Waals surface area contributed by atoms with E-state index in [1.54, 1.807) is 6.92 Å². The Labute approximate surface area is 104 Å². The first-order valence-corrected chi connectivity index (χ1v) is 5.98. The second kappa shape index (κ2) is 3.98. The average Bonchev–Trinajstić information content (AvgIpc) is 2.93. The molecule has 1 N–H and O–H groups in total. The Hall–Kier alpha value is -2.10. The normalized spacial score (nSPS) is 13.6. The molecule has 0 saturated carbocycles. The molecule has 0 fully saturated rings. The van der Waals surface area contributed by atoms with Gasteiger partial charge in [-0.05, 0) is 43.4 Å². The van der Waals surface area contributed by atoms with E-state index in [2.05, 4.69) is 17.3 Å². The molecule has 18 heavy (non-hydrogen) atoms. The van der Waals surface area contributed by atoms with Crippen molar-refractivity contribution < 1.29 is 14.4 Å². The average molecular weight is 243 g/mol. The van der Waals surface area contributed by atoms with Gasteiger partial charge in [0.2, 0.25) is 0 Å². The zero-order chi connectivity index (χ0) is 12.7. The minimum Gasteiger partial charge on any atom is -0.476 e. The van der Waals surface area contributed by atoms with Gasteiger partial charge in [-0.3, -0.25) is 0 Å². The molecule has 1 heterocycles. The molecule has 0 saturated heterocycles. The summed E-state index contributed by atoms with van der Waals surface area (Å²) in [5.41, 5.74) is 4.20. The standard InChI is InChI=1S/C14H13NO3/c1-8-12(14(16)17)15-18-13(8)11-6-5-9-3-2-4-10(9)7-11/h5-7H,2-4H2,1H3,(H,16,17). The highest BCUT2D eigenvalue weighted by Gasteiger charge is 2.20. The third kappa shape index (κ3) is 1.61. The predicted molar refractivity (Wildman–Crippen MR) is 65.7 cm³/mol. The first-order chi connectivity index (χ1) is 8.66. The van der Waals surface area contributed by atoms with Gasteiger partial charge in [0.1, 0.15) is 0 Å². The quantitative estimate of drug-likeness (QED) is 0.880. The van der Waals surface area contributed by atoms with E-state index in [0.29, 0.717) is 11.3 Å². The molecule has 4 heteroatoms. The van der Waals surface area contributed by atoms with E-state index in [4.69, 9.17) is 9.63 Å². The largest absolute Gasteiger partial charge is 0.476 e. The van der Waals surface area contributed by atoms with Gasteiger partial charge in [0, 0.05) is 11.1 Å². The highest BCUT2D eigenvalue weighted by molar-refractivity contribution is 5.88. The number of rotatable bonds is 2. The van der Waals surface area contributed by atoms with Crippen molar-refractivity contribution in [2.45, 2.75) is 26.2 Å². The Kier molecular flexibility index (Phi) is 2.44. The molecule has 0 bridgehead atoms. The molecule has 0 radical (unpaired) electrons. The Morgan fingerprint density at radius 1 is 1.33 bits per heavy atom. The Balaban J connectivity index is 2.07. The summed E-state index contributed by atoms with van der Waals surface area (Å²) < 4.78 is 5.17. The van der Waals surface area contributed by atoms with Crippen molar-refractivity contribution in [2.24, 2.45) is 0 Å². The van der Waals surface area contributed by atoms with E-state index >= 15 is 0 Å². The molecule has 1 aliphatic rings. The molecule has 0 amide bonds. The van der Waals surface area contributed by atoms with Gasteiger partial charge in [0.05, 0.1) is 0 Å². The number of benzene rings is 1. The number of carboxylic acid groups (broad SMARTS) is 1. The highest BCUT2D eigenvalue weighted by Crippen LogP contribution is 2.30. The zero-order valence-electron chi connectivity index (χ0n) is 10.1. The van der Waals surface area contributed by atoms with Crippen molar-refractivity contribution in [3.63, 3.8) is 0 Å². The summed E-state index contributed by atoms with van der Waals surface area (Å²) in [6, 6.07) is 6.16. The van der Waals surface area contributed by atoms with Crippen LogP contribution in [0.3, 0.4) is 0 Å². The van der Waals surface area contributed by atoms with E-state index in [1.165, 1.54) is 17.5 Å². The van der Waals surface area contributed by atoms with Crippen LogP contribution >= 0.6 is 0 Å². The van der Waals surface area contributed by atoms with Crippen molar-refractivity contribution >= 4 is 5.97 Å². The number of fused-ring (bicyclic) bond motifs is 1. The summed E-state index contributed by atoms with van der Waals surface area (Å²) in [7, 11) is 0. The molecular weight excluding hydrogens is 230 g/mol. The lowest BCUT2D eigenvalue weighted by Gasteiger charge is -2.02. The van der Waals surface area contributed by atoms with Gasteiger partial charge in [-0.2, -0.15) is 0 Å². The molecule has 0 spiro atoms. The van der Waals surface area contributed by atoms with Crippen molar-refractivity contribution in [3.8, 4) is 11.3 Å². The maximum absolute atomic E-state index is 10.9. The lowest BCUT2D eigenvalue weighted by atomic mass is 10.0. The number of hydrogen-bond acceptors (Lipinski definition) is 3. The number of nitrogens with zero attached hydrogens (tertiary/aromatic N) is 1. The zero-order valence-corrected chi connectivity index (χ0v) is 10.1. The van der Waals surface area contributed by atoms with Gasteiger partial charge in [-0.25, -0.2) is 4.79 Å². The Bertz CT molecular complexity index is 628. The topological polar surface area (TPSA) is 63.3 Å². The number of carboxylic acids is 1. The lowest BCUT2D eigenvalue weighted by Crippen LogP contribution is -1.98. The Morgan fingerprint density at radius 2 is 2.11 bits per heavy atom. The lowest BCUT2D eigenvalue weighted by molar-refractivity contribution is 0.0685. The van der Waals surface area contributed by atoms with Gasteiger partial charge in [-0.15, -0.1) is 0 Å². The molecule has 4 nitrogen and oxygen atoms in total. The molecule has 0 aliphatic heterocycles. The van der Waals surface area contributed by atoms with E-state index < -0.39 is 5.97 Å². The fourth-order valence-electron chi connectivity index (χ4n) is 2.52. The molecule has 1 aromatic carbocycles. The molecule has 2 aromatic rings. The number of carbonyl (C=O) groups is 1. The molecule has 1 aromatic heterocycles. The van der Waals surface area contributed by atoms with Crippen LogP contribution in [-0.2, 0) is 12.8 Å². The van der Waals surface area contributed by atoms with Gasteiger partial charge < -0.3 is 9.63 Å².